The predicted octanol–water partition coefficient (Wildman–Crippen LogP) is 6.89. The Morgan fingerprint density at radius 2 is 1.91 bits per heavy atom. The van der Waals surface area contributed by atoms with Crippen molar-refractivity contribution in [2.24, 2.45) is 10.5 Å². The number of anilines is 1. The van der Waals surface area contributed by atoms with E-state index >= 15 is 0 Å². The van der Waals surface area contributed by atoms with E-state index in [1.165, 1.54) is 6.07 Å². The van der Waals surface area contributed by atoms with Gasteiger partial charge in [0.05, 0.1) is 29.4 Å². The molecule has 3 rings (SSSR count). The second-order valence-corrected chi connectivity index (χ2v) is 9.40. The lowest BCUT2D eigenvalue weighted by molar-refractivity contribution is -0.151. The molecule has 0 radical (unpaired) electrons. The molecule has 0 fully saturated rings. The third-order valence-corrected chi connectivity index (χ3v) is 6.08. The van der Waals surface area contributed by atoms with E-state index in [2.05, 4.69) is 32.9 Å². The maximum Gasteiger partial charge on any atom is 0.417 e. The summed E-state index contributed by atoms with van der Waals surface area (Å²) < 4.78 is 45.9. The Labute approximate surface area is 213 Å². The highest BCUT2D eigenvalue weighted by Crippen LogP contribution is 2.41. The quantitative estimate of drug-likeness (QED) is 0.303. The number of nitrogens with one attached hydrogen (secondary N) is 1. The molecule has 0 aromatic heterocycles. The number of nitrogens with zero attached hydrogens (tertiary/aromatic N) is 2. The Balaban J connectivity index is 2.08. The molecule has 0 saturated heterocycles. The third kappa shape index (κ3) is 5.87. The summed E-state index contributed by atoms with van der Waals surface area (Å²) in [7, 11) is 0. The summed E-state index contributed by atoms with van der Waals surface area (Å²) in [4.78, 5) is 26.3. The van der Waals surface area contributed by atoms with Gasteiger partial charge in [-0.15, -0.1) is 6.58 Å². The smallest absolute Gasteiger partial charge is 0.417 e. The fourth-order valence-electron chi connectivity index (χ4n) is 3.80. The number of rotatable bonds is 6. The number of allylic oxidation sites excluding steroid dienone is 1. The molecule has 1 N–H and O–H groups in total. The maximum absolute atomic E-state index is 13.2. The summed E-state index contributed by atoms with van der Waals surface area (Å²) >= 11 is 9.26. The van der Waals surface area contributed by atoms with Gasteiger partial charge in [0, 0.05) is 15.7 Å². The molecule has 35 heavy (non-hydrogen) atoms. The minimum Gasteiger partial charge on any atom is -0.465 e. The van der Waals surface area contributed by atoms with Crippen molar-refractivity contribution in [3.05, 3.63) is 75.2 Å². The SMILES string of the molecule is C=C(C)CC1(C(=O)OCC)CN(C(=O)Nc2ccc(Br)cc2)N=C1c1ccc(C(F)(F)F)c(Cl)c1. The van der Waals surface area contributed by atoms with Crippen LogP contribution in [0.5, 0.6) is 0 Å². The van der Waals surface area contributed by atoms with Crippen LogP contribution in [0.15, 0.2) is 64.2 Å². The first-order valence-corrected chi connectivity index (χ1v) is 11.7. The lowest BCUT2D eigenvalue weighted by Gasteiger charge is -2.29. The van der Waals surface area contributed by atoms with Crippen LogP contribution >= 0.6 is 27.5 Å². The number of ether oxygens (including phenoxy) is 1. The van der Waals surface area contributed by atoms with Crippen molar-refractivity contribution in [3.63, 3.8) is 0 Å². The first-order valence-electron chi connectivity index (χ1n) is 10.5. The summed E-state index contributed by atoms with van der Waals surface area (Å²) in [5, 5.41) is 7.56. The van der Waals surface area contributed by atoms with Crippen molar-refractivity contribution in [1.29, 1.82) is 0 Å². The largest absolute Gasteiger partial charge is 0.465 e. The highest BCUT2D eigenvalue weighted by atomic mass is 79.9. The van der Waals surface area contributed by atoms with Crippen molar-refractivity contribution in [2.45, 2.75) is 26.4 Å². The van der Waals surface area contributed by atoms with E-state index in [9.17, 15) is 22.8 Å². The number of alkyl halides is 3. The average Bonchev–Trinajstić information content (AvgIpc) is 3.14. The minimum atomic E-state index is -4.65. The Morgan fingerprint density at radius 1 is 1.26 bits per heavy atom. The standard InChI is InChI=1S/C24H22BrClF3N3O3/c1-4-35-21(33)23(12-14(2)3)13-32(22(34)30-17-8-6-16(25)7-9-17)31-20(23)15-5-10-18(19(26)11-15)24(27,28)29/h5-11H,2,4,12-13H2,1,3H3,(H,30,34). The monoisotopic (exact) mass is 571 g/mol. The second-order valence-electron chi connectivity index (χ2n) is 8.07. The minimum absolute atomic E-state index is 0.0584. The molecule has 1 aliphatic heterocycles. The maximum atomic E-state index is 13.2. The molecule has 1 heterocycles. The van der Waals surface area contributed by atoms with Crippen molar-refractivity contribution in [1.82, 2.24) is 5.01 Å². The zero-order chi connectivity index (χ0) is 26.0. The molecule has 2 amide bonds. The molecule has 2 aromatic carbocycles. The van der Waals surface area contributed by atoms with Gasteiger partial charge in [0.25, 0.3) is 0 Å². The number of esters is 1. The van der Waals surface area contributed by atoms with E-state index in [-0.39, 0.29) is 30.8 Å². The van der Waals surface area contributed by atoms with Gasteiger partial charge in [-0.25, -0.2) is 9.80 Å². The fraction of sp³-hybridized carbons (Fsp3) is 0.292. The number of carbonyl (C=O) groups excluding carboxylic acids is 2. The lowest BCUT2D eigenvalue weighted by Crippen LogP contribution is -2.45. The lowest BCUT2D eigenvalue weighted by atomic mass is 9.75. The van der Waals surface area contributed by atoms with E-state index in [0.29, 0.717) is 11.3 Å². The number of hydrogen-bond acceptors (Lipinski definition) is 4. The van der Waals surface area contributed by atoms with E-state index in [4.69, 9.17) is 16.3 Å². The molecule has 1 atom stereocenters. The number of carbonyl (C=O) groups is 2. The number of halogens is 5. The molecule has 186 valence electrons. The van der Waals surface area contributed by atoms with Gasteiger partial charge in [-0.05, 0) is 56.7 Å². The van der Waals surface area contributed by atoms with Crippen molar-refractivity contribution < 1.29 is 27.5 Å². The highest BCUT2D eigenvalue weighted by Gasteiger charge is 2.52. The van der Waals surface area contributed by atoms with Crippen LogP contribution < -0.4 is 5.32 Å². The molecule has 1 unspecified atom stereocenters. The van der Waals surface area contributed by atoms with E-state index < -0.39 is 34.2 Å². The van der Waals surface area contributed by atoms with Crippen molar-refractivity contribution in [2.75, 3.05) is 18.5 Å². The van der Waals surface area contributed by atoms with Crippen molar-refractivity contribution >= 4 is 50.9 Å². The molecule has 6 nitrogen and oxygen atoms in total. The zero-order valence-electron chi connectivity index (χ0n) is 18.9. The van der Waals surface area contributed by atoms with Crippen LogP contribution in [0.4, 0.5) is 23.7 Å². The van der Waals surface area contributed by atoms with Gasteiger partial charge in [0.2, 0.25) is 0 Å². The molecule has 1 aliphatic rings. The Morgan fingerprint density at radius 3 is 2.46 bits per heavy atom. The number of urea groups is 1. The number of benzene rings is 2. The van der Waals surface area contributed by atoms with E-state index in [1.54, 1.807) is 38.1 Å². The summed E-state index contributed by atoms with van der Waals surface area (Å²) in [6.45, 7) is 7.07. The van der Waals surface area contributed by atoms with Crippen LogP contribution in [-0.2, 0) is 15.7 Å². The molecule has 0 bridgehead atoms. The molecule has 0 saturated carbocycles. The van der Waals surface area contributed by atoms with Crippen LogP contribution in [0, 0.1) is 5.41 Å². The van der Waals surface area contributed by atoms with E-state index in [1.807, 2.05) is 0 Å². The first-order chi connectivity index (χ1) is 16.4. The van der Waals surface area contributed by atoms with Crippen molar-refractivity contribution in [3.8, 4) is 0 Å². The van der Waals surface area contributed by atoms with Gasteiger partial charge in [0.15, 0.2) is 0 Å². The molecule has 11 heteroatoms. The summed E-state index contributed by atoms with van der Waals surface area (Å²) in [6.07, 6.45) is -4.59. The average molecular weight is 573 g/mol. The van der Waals surface area contributed by atoms with Gasteiger partial charge in [-0.2, -0.15) is 18.3 Å². The number of amides is 2. The second kappa shape index (κ2) is 10.4. The summed E-state index contributed by atoms with van der Waals surface area (Å²) in [6, 6.07) is 9.28. The van der Waals surface area contributed by atoms with E-state index in [0.717, 1.165) is 21.6 Å². The Bertz CT molecular complexity index is 1180. The van der Waals surface area contributed by atoms with Crippen LogP contribution in [0.2, 0.25) is 5.02 Å². The van der Waals surface area contributed by atoms with Gasteiger partial charge in [-0.1, -0.05) is 39.2 Å². The number of hydrogen-bond donors (Lipinski definition) is 1. The predicted molar refractivity (Wildman–Crippen MR) is 131 cm³/mol. The topological polar surface area (TPSA) is 71.0 Å². The summed E-state index contributed by atoms with van der Waals surface area (Å²) in [5.41, 5.74) is -1.19. The molecular weight excluding hydrogens is 551 g/mol. The van der Waals surface area contributed by atoms with Gasteiger partial charge < -0.3 is 10.1 Å². The molecule has 0 aliphatic carbocycles. The van der Waals surface area contributed by atoms with Crippen LogP contribution in [0.1, 0.15) is 31.4 Å². The van der Waals surface area contributed by atoms with Crippen LogP contribution in [-0.4, -0.2) is 35.9 Å². The van der Waals surface area contributed by atoms with Gasteiger partial charge >= 0.3 is 18.2 Å². The first kappa shape index (κ1) is 26.7. The van der Waals surface area contributed by atoms with Gasteiger partial charge in [-0.3, -0.25) is 4.79 Å². The van der Waals surface area contributed by atoms with Gasteiger partial charge in [0.1, 0.15) is 5.41 Å². The Kier molecular flexibility index (Phi) is 7.96. The molecular formula is C24H22BrClF3N3O3. The summed E-state index contributed by atoms with van der Waals surface area (Å²) in [5.74, 6) is -0.670. The third-order valence-electron chi connectivity index (χ3n) is 5.24. The normalized spacial score (nSPS) is 17.7. The highest BCUT2D eigenvalue weighted by molar-refractivity contribution is 9.10. The van der Waals surface area contributed by atoms with Crippen LogP contribution in [0.25, 0.3) is 0 Å². The molecule has 0 spiro atoms. The zero-order valence-corrected chi connectivity index (χ0v) is 21.2. The molecule has 2 aromatic rings. The number of hydrazone groups is 1. The fourth-order valence-corrected chi connectivity index (χ4v) is 4.36. The Hall–Kier alpha value is -2.85. The van der Waals surface area contributed by atoms with Crippen LogP contribution in [0.3, 0.4) is 0 Å².